The SMILES string of the molecule is CCC[C@H](O)[C@H](CN[C@@H](C)C(=O)OC(C)(C)C)Sc1ccccc1. The van der Waals surface area contributed by atoms with Gasteiger partial charge in [0.25, 0.3) is 0 Å². The molecule has 1 aromatic rings. The van der Waals surface area contributed by atoms with Gasteiger partial charge in [-0.15, -0.1) is 11.8 Å². The zero-order valence-electron chi connectivity index (χ0n) is 15.4. The standard InChI is InChI=1S/C19H31NO3S/c1-6-10-16(21)17(24-15-11-8-7-9-12-15)13-20-14(2)18(22)23-19(3,4)5/h7-9,11-12,14,16-17,20-21H,6,10,13H2,1-5H3/t14-,16-,17-/m0/s1. The van der Waals surface area contributed by atoms with Crippen molar-refractivity contribution in [2.75, 3.05) is 6.54 Å². The fraction of sp³-hybridized carbons (Fsp3) is 0.632. The van der Waals surface area contributed by atoms with E-state index in [1.807, 2.05) is 51.1 Å². The molecular weight excluding hydrogens is 322 g/mol. The van der Waals surface area contributed by atoms with E-state index in [0.29, 0.717) is 6.54 Å². The maximum absolute atomic E-state index is 12.1. The molecule has 5 heteroatoms. The second-order valence-corrected chi connectivity index (χ2v) is 8.30. The summed E-state index contributed by atoms with van der Waals surface area (Å²) in [7, 11) is 0. The summed E-state index contributed by atoms with van der Waals surface area (Å²) in [4.78, 5) is 13.2. The highest BCUT2D eigenvalue weighted by Gasteiger charge is 2.25. The number of ether oxygens (including phenoxy) is 1. The van der Waals surface area contributed by atoms with E-state index in [4.69, 9.17) is 4.74 Å². The quantitative estimate of drug-likeness (QED) is 0.524. The number of thioether (sulfide) groups is 1. The van der Waals surface area contributed by atoms with Crippen molar-refractivity contribution in [2.24, 2.45) is 0 Å². The Kier molecular flexibility index (Phi) is 8.81. The van der Waals surface area contributed by atoms with Gasteiger partial charge >= 0.3 is 5.97 Å². The molecule has 1 aromatic carbocycles. The van der Waals surface area contributed by atoms with Crippen molar-refractivity contribution >= 4 is 17.7 Å². The lowest BCUT2D eigenvalue weighted by Gasteiger charge is -2.26. The average molecular weight is 354 g/mol. The van der Waals surface area contributed by atoms with Crippen molar-refractivity contribution in [2.45, 2.75) is 75.4 Å². The van der Waals surface area contributed by atoms with Crippen LogP contribution in [0.15, 0.2) is 35.2 Å². The van der Waals surface area contributed by atoms with Crippen molar-refractivity contribution in [3.63, 3.8) is 0 Å². The lowest BCUT2D eigenvalue weighted by molar-refractivity contribution is -0.156. The summed E-state index contributed by atoms with van der Waals surface area (Å²) in [6.07, 6.45) is 1.25. The lowest BCUT2D eigenvalue weighted by atomic mass is 10.1. The third-order valence-corrected chi connectivity index (χ3v) is 4.76. The Bertz CT molecular complexity index is 487. The summed E-state index contributed by atoms with van der Waals surface area (Å²) in [5, 5.41) is 13.6. The van der Waals surface area contributed by atoms with Crippen molar-refractivity contribution in [3.05, 3.63) is 30.3 Å². The van der Waals surface area contributed by atoms with Crippen LogP contribution in [0.4, 0.5) is 0 Å². The second kappa shape index (κ2) is 10.1. The van der Waals surface area contributed by atoms with Crippen LogP contribution in [0.25, 0.3) is 0 Å². The van der Waals surface area contributed by atoms with E-state index in [2.05, 4.69) is 12.2 Å². The molecule has 1 rings (SSSR count). The van der Waals surface area contributed by atoms with Gasteiger partial charge in [0.05, 0.1) is 6.10 Å². The Morgan fingerprint density at radius 3 is 2.46 bits per heavy atom. The predicted octanol–water partition coefficient (Wildman–Crippen LogP) is 3.63. The minimum absolute atomic E-state index is 0.0164. The number of aliphatic hydroxyl groups excluding tert-OH is 1. The van der Waals surface area contributed by atoms with E-state index in [-0.39, 0.29) is 11.2 Å². The number of carbonyl (C=O) groups excluding carboxylic acids is 1. The number of aliphatic hydroxyl groups is 1. The Morgan fingerprint density at radius 1 is 1.29 bits per heavy atom. The second-order valence-electron chi connectivity index (χ2n) is 6.99. The number of benzene rings is 1. The normalized spacial score (nSPS) is 15.6. The summed E-state index contributed by atoms with van der Waals surface area (Å²) in [5.74, 6) is -0.268. The van der Waals surface area contributed by atoms with Gasteiger partial charge in [0.2, 0.25) is 0 Å². The molecular formula is C19H31NO3S. The summed E-state index contributed by atoms with van der Waals surface area (Å²) in [5.41, 5.74) is -0.493. The molecule has 3 atom stereocenters. The van der Waals surface area contributed by atoms with Gasteiger partial charge in [-0.3, -0.25) is 4.79 Å². The summed E-state index contributed by atoms with van der Waals surface area (Å²) in [6.45, 7) is 9.97. The number of carbonyl (C=O) groups is 1. The van der Waals surface area contributed by atoms with Crippen LogP contribution in [-0.4, -0.2) is 40.6 Å². The minimum Gasteiger partial charge on any atom is -0.459 e. The van der Waals surface area contributed by atoms with E-state index in [9.17, 15) is 9.90 Å². The van der Waals surface area contributed by atoms with Gasteiger partial charge in [-0.1, -0.05) is 31.5 Å². The molecule has 0 amide bonds. The van der Waals surface area contributed by atoms with E-state index < -0.39 is 17.7 Å². The van der Waals surface area contributed by atoms with Crippen molar-refractivity contribution in [1.29, 1.82) is 0 Å². The molecule has 0 radical (unpaired) electrons. The van der Waals surface area contributed by atoms with Gasteiger partial charge in [-0.05, 0) is 46.2 Å². The Morgan fingerprint density at radius 2 is 1.92 bits per heavy atom. The Balaban J connectivity index is 2.63. The first-order chi connectivity index (χ1) is 11.2. The molecule has 4 nitrogen and oxygen atoms in total. The van der Waals surface area contributed by atoms with E-state index in [1.54, 1.807) is 18.7 Å². The average Bonchev–Trinajstić information content (AvgIpc) is 2.50. The summed E-state index contributed by atoms with van der Waals surface area (Å²) in [6, 6.07) is 9.62. The fourth-order valence-electron chi connectivity index (χ4n) is 2.18. The van der Waals surface area contributed by atoms with E-state index >= 15 is 0 Å². The number of hydrogen-bond acceptors (Lipinski definition) is 5. The molecule has 136 valence electrons. The Labute approximate surface area is 150 Å². The van der Waals surface area contributed by atoms with Crippen LogP contribution in [0.1, 0.15) is 47.5 Å². The van der Waals surface area contributed by atoms with Crippen LogP contribution >= 0.6 is 11.8 Å². The van der Waals surface area contributed by atoms with E-state index in [1.165, 1.54) is 0 Å². The minimum atomic E-state index is -0.493. The fourth-order valence-corrected chi connectivity index (χ4v) is 3.31. The first-order valence-corrected chi connectivity index (χ1v) is 9.47. The summed E-state index contributed by atoms with van der Waals surface area (Å²) < 4.78 is 5.39. The highest BCUT2D eigenvalue weighted by molar-refractivity contribution is 8.00. The largest absolute Gasteiger partial charge is 0.459 e. The molecule has 0 bridgehead atoms. The number of esters is 1. The van der Waals surface area contributed by atoms with Gasteiger partial charge in [-0.25, -0.2) is 0 Å². The smallest absolute Gasteiger partial charge is 0.323 e. The van der Waals surface area contributed by atoms with Gasteiger partial charge in [0.15, 0.2) is 0 Å². The molecule has 0 aromatic heterocycles. The van der Waals surface area contributed by atoms with Gasteiger partial charge in [0.1, 0.15) is 11.6 Å². The van der Waals surface area contributed by atoms with Crippen LogP contribution in [0, 0.1) is 0 Å². The maximum atomic E-state index is 12.1. The molecule has 0 aliphatic carbocycles. The summed E-state index contributed by atoms with van der Waals surface area (Å²) >= 11 is 1.64. The molecule has 0 aliphatic heterocycles. The van der Waals surface area contributed by atoms with Crippen molar-refractivity contribution < 1.29 is 14.6 Å². The van der Waals surface area contributed by atoms with Gasteiger partial charge in [0, 0.05) is 16.7 Å². The zero-order valence-corrected chi connectivity index (χ0v) is 16.2. The molecule has 0 fully saturated rings. The number of hydrogen-bond donors (Lipinski definition) is 2. The molecule has 24 heavy (non-hydrogen) atoms. The third-order valence-electron chi connectivity index (χ3n) is 3.43. The molecule has 2 N–H and O–H groups in total. The highest BCUT2D eigenvalue weighted by Crippen LogP contribution is 2.26. The molecule has 0 saturated heterocycles. The van der Waals surface area contributed by atoms with Crippen LogP contribution in [-0.2, 0) is 9.53 Å². The van der Waals surface area contributed by atoms with Crippen LogP contribution in [0.5, 0.6) is 0 Å². The number of rotatable bonds is 9. The van der Waals surface area contributed by atoms with Crippen LogP contribution < -0.4 is 5.32 Å². The molecule has 0 heterocycles. The van der Waals surface area contributed by atoms with Crippen LogP contribution in [0.3, 0.4) is 0 Å². The molecule has 0 saturated carbocycles. The lowest BCUT2D eigenvalue weighted by Crippen LogP contribution is -2.44. The van der Waals surface area contributed by atoms with Gasteiger partial charge in [-0.2, -0.15) is 0 Å². The van der Waals surface area contributed by atoms with Crippen molar-refractivity contribution in [1.82, 2.24) is 5.32 Å². The molecule has 0 aliphatic rings. The maximum Gasteiger partial charge on any atom is 0.323 e. The topological polar surface area (TPSA) is 58.6 Å². The molecule has 0 unspecified atom stereocenters. The Hall–Kier alpha value is -1.04. The third kappa shape index (κ3) is 8.18. The highest BCUT2D eigenvalue weighted by atomic mass is 32.2. The zero-order chi connectivity index (χ0) is 18.2. The van der Waals surface area contributed by atoms with Crippen LogP contribution in [0.2, 0.25) is 0 Å². The number of nitrogens with one attached hydrogen (secondary N) is 1. The first-order valence-electron chi connectivity index (χ1n) is 8.59. The van der Waals surface area contributed by atoms with Gasteiger partial charge < -0.3 is 15.2 Å². The van der Waals surface area contributed by atoms with Crippen molar-refractivity contribution in [3.8, 4) is 0 Å². The van der Waals surface area contributed by atoms with E-state index in [0.717, 1.165) is 17.7 Å². The predicted molar refractivity (Wildman–Crippen MR) is 100 cm³/mol. The monoisotopic (exact) mass is 353 g/mol. The first kappa shape index (κ1) is 21.0. The molecule has 0 spiro atoms.